The molecule has 0 saturated carbocycles. The molecule has 3 N–H and O–H groups in total. The number of nitrogens with two attached hydrogens (primary N) is 1. The van der Waals surface area contributed by atoms with Gasteiger partial charge in [0, 0.05) is 13.1 Å². The fraction of sp³-hybridized carbons (Fsp3) is 0.467. The van der Waals surface area contributed by atoms with Crippen LogP contribution in [-0.2, 0) is 4.79 Å². The Labute approximate surface area is 120 Å². The average molecular weight is 277 g/mol. The van der Waals surface area contributed by atoms with Crippen LogP contribution in [0, 0.1) is 0 Å². The third kappa shape index (κ3) is 3.98. The van der Waals surface area contributed by atoms with Gasteiger partial charge in [0.25, 0.3) is 0 Å². The molecule has 0 spiro atoms. The lowest BCUT2D eigenvalue weighted by molar-refractivity contribution is -0.131. The molecule has 1 rings (SSSR count). The van der Waals surface area contributed by atoms with Crippen molar-refractivity contribution in [3.8, 4) is 0 Å². The second-order valence-corrected chi connectivity index (χ2v) is 4.64. The lowest BCUT2D eigenvalue weighted by Crippen LogP contribution is -2.41. The van der Waals surface area contributed by atoms with E-state index in [0.29, 0.717) is 13.1 Å². The molecule has 1 aromatic rings. The van der Waals surface area contributed by atoms with Crippen molar-refractivity contribution in [2.24, 2.45) is 10.9 Å². The van der Waals surface area contributed by atoms with Gasteiger partial charge in [0.1, 0.15) is 5.92 Å². The van der Waals surface area contributed by atoms with Crippen LogP contribution in [0.1, 0.15) is 38.2 Å². The Kier molecular flexibility index (Phi) is 6.56. The molecule has 5 nitrogen and oxygen atoms in total. The van der Waals surface area contributed by atoms with Gasteiger partial charge in [-0.3, -0.25) is 4.79 Å². The average Bonchev–Trinajstić information content (AvgIpc) is 2.49. The summed E-state index contributed by atoms with van der Waals surface area (Å²) in [5, 5.41) is 12.0. The van der Waals surface area contributed by atoms with Gasteiger partial charge in [0.15, 0.2) is 5.84 Å². The van der Waals surface area contributed by atoms with Gasteiger partial charge >= 0.3 is 0 Å². The van der Waals surface area contributed by atoms with Crippen molar-refractivity contribution >= 4 is 11.7 Å². The van der Waals surface area contributed by atoms with E-state index in [1.54, 1.807) is 4.90 Å². The molecule has 110 valence electrons. The van der Waals surface area contributed by atoms with Crippen LogP contribution >= 0.6 is 0 Å². The third-order valence-electron chi connectivity index (χ3n) is 3.27. The number of amides is 1. The van der Waals surface area contributed by atoms with Gasteiger partial charge in [-0.2, -0.15) is 0 Å². The molecule has 0 aliphatic carbocycles. The summed E-state index contributed by atoms with van der Waals surface area (Å²) in [5.41, 5.74) is 6.46. The summed E-state index contributed by atoms with van der Waals surface area (Å²) in [6.07, 6.45) is 1.96. The van der Waals surface area contributed by atoms with Gasteiger partial charge in [0.2, 0.25) is 5.91 Å². The Morgan fingerprint density at radius 2 is 2.00 bits per heavy atom. The highest BCUT2D eigenvalue weighted by atomic mass is 16.4. The molecule has 0 bridgehead atoms. The smallest absolute Gasteiger partial charge is 0.237 e. The topological polar surface area (TPSA) is 78.9 Å². The first kappa shape index (κ1) is 16.0. The molecule has 1 aromatic carbocycles. The van der Waals surface area contributed by atoms with E-state index in [1.165, 1.54) is 0 Å². The van der Waals surface area contributed by atoms with Crippen molar-refractivity contribution in [2.45, 2.75) is 32.6 Å². The predicted octanol–water partition coefficient (Wildman–Crippen LogP) is 2.17. The number of carbonyl (C=O) groups excluding carboxylic acids is 1. The number of hydrogen-bond donors (Lipinski definition) is 2. The molecule has 0 aliphatic heterocycles. The highest BCUT2D eigenvalue weighted by Crippen LogP contribution is 2.19. The zero-order valence-electron chi connectivity index (χ0n) is 12.1. The maximum Gasteiger partial charge on any atom is 0.237 e. The molecule has 0 fully saturated rings. The first-order chi connectivity index (χ1) is 9.65. The van der Waals surface area contributed by atoms with E-state index in [4.69, 9.17) is 10.9 Å². The summed E-state index contributed by atoms with van der Waals surface area (Å²) in [7, 11) is 0. The molecule has 0 aliphatic rings. The highest BCUT2D eigenvalue weighted by Gasteiger charge is 2.28. The van der Waals surface area contributed by atoms with Crippen LogP contribution in [0.3, 0.4) is 0 Å². The van der Waals surface area contributed by atoms with Crippen LogP contribution in [-0.4, -0.2) is 34.9 Å². The molecule has 1 unspecified atom stereocenters. The van der Waals surface area contributed by atoms with Crippen LogP contribution in [0.15, 0.2) is 35.5 Å². The van der Waals surface area contributed by atoms with Crippen molar-refractivity contribution in [3.05, 3.63) is 35.9 Å². The van der Waals surface area contributed by atoms with E-state index in [9.17, 15) is 4.79 Å². The van der Waals surface area contributed by atoms with Gasteiger partial charge in [-0.25, -0.2) is 0 Å². The zero-order valence-corrected chi connectivity index (χ0v) is 12.1. The molecule has 1 atom stereocenters. The van der Waals surface area contributed by atoms with E-state index >= 15 is 0 Å². The van der Waals surface area contributed by atoms with Crippen molar-refractivity contribution < 1.29 is 10.0 Å². The molecule has 5 heteroatoms. The minimum absolute atomic E-state index is 0.0730. The van der Waals surface area contributed by atoms with Crippen molar-refractivity contribution in [2.75, 3.05) is 13.1 Å². The summed E-state index contributed by atoms with van der Waals surface area (Å²) in [6.45, 7) is 5.31. The summed E-state index contributed by atoms with van der Waals surface area (Å²) in [5.74, 6) is -0.920. The minimum Gasteiger partial charge on any atom is -0.409 e. The van der Waals surface area contributed by atoms with Gasteiger partial charge in [0.05, 0.1) is 0 Å². The predicted molar refractivity (Wildman–Crippen MR) is 79.8 cm³/mol. The third-order valence-corrected chi connectivity index (χ3v) is 3.27. The summed E-state index contributed by atoms with van der Waals surface area (Å²) in [6, 6.07) is 9.17. The normalized spacial score (nSPS) is 13.0. The van der Waals surface area contributed by atoms with Crippen molar-refractivity contribution in [1.29, 1.82) is 0 Å². The molecule has 0 radical (unpaired) electrons. The number of likely N-dealkylation sites (N-methyl/N-ethyl adjacent to an activating group) is 1. The first-order valence-electron chi connectivity index (χ1n) is 6.96. The van der Waals surface area contributed by atoms with Gasteiger partial charge in [-0.05, 0) is 18.9 Å². The summed E-state index contributed by atoms with van der Waals surface area (Å²) in [4.78, 5) is 14.4. The van der Waals surface area contributed by atoms with Gasteiger partial charge in [-0.1, -0.05) is 48.8 Å². The van der Waals surface area contributed by atoms with Crippen LogP contribution in [0.4, 0.5) is 0 Å². The van der Waals surface area contributed by atoms with E-state index in [2.05, 4.69) is 12.1 Å². The monoisotopic (exact) mass is 277 g/mol. The molecule has 20 heavy (non-hydrogen) atoms. The second-order valence-electron chi connectivity index (χ2n) is 4.64. The molecule has 1 amide bonds. The van der Waals surface area contributed by atoms with E-state index in [1.807, 2.05) is 37.3 Å². The zero-order chi connectivity index (χ0) is 15.0. The number of amidine groups is 1. The van der Waals surface area contributed by atoms with Crippen LogP contribution in [0.25, 0.3) is 0 Å². The van der Waals surface area contributed by atoms with Crippen LogP contribution in [0.5, 0.6) is 0 Å². The Bertz CT molecular complexity index is 446. The Balaban J connectivity index is 3.02. The van der Waals surface area contributed by atoms with E-state index in [-0.39, 0.29) is 11.7 Å². The number of oxime groups is 1. The Morgan fingerprint density at radius 3 is 2.50 bits per heavy atom. The second kappa shape index (κ2) is 8.19. The van der Waals surface area contributed by atoms with E-state index in [0.717, 1.165) is 18.4 Å². The lowest BCUT2D eigenvalue weighted by Gasteiger charge is -2.25. The number of carbonyl (C=O) groups is 1. The Morgan fingerprint density at radius 1 is 1.35 bits per heavy atom. The SMILES string of the molecule is CCCCN(CC)C(=O)C(C(N)=NO)c1ccccc1. The largest absolute Gasteiger partial charge is 0.409 e. The standard InChI is InChI=1S/C15H23N3O2/c1-3-5-11-18(4-2)15(19)13(14(16)17-20)12-9-7-6-8-10-12/h6-10,13,20H,3-5,11H2,1-2H3,(H2,16,17). The number of nitrogens with zero attached hydrogens (tertiary/aromatic N) is 2. The van der Waals surface area contributed by atoms with Crippen molar-refractivity contribution in [1.82, 2.24) is 4.90 Å². The maximum atomic E-state index is 12.6. The molecule has 0 aromatic heterocycles. The van der Waals surface area contributed by atoms with Gasteiger partial charge < -0.3 is 15.8 Å². The summed E-state index contributed by atoms with van der Waals surface area (Å²) < 4.78 is 0. The number of rotatable bonds is 7. The molecular weight excluding hydrogens is 254 g/mol. The molecule has 0 saturated heterocycles. The van der Waals surface area contributed by atoms with Crippen molar-refractivity contribution in [3.63, 3.8) is 0 Å². The number of hydrogen-bond acceptors (Lipinski definition) is 3. The lowest BCUT2D eigenvalue weighted by atomic mass is 9.96. The fourth-order valence-electron chi connectivity index (χ4n) is 2.10. The van der Waals surface area contributed by atoms with Crippen LogP contribution in [0.2, 0.25) is 0 Å². The maximum absolute atomic E-state index is 12.6. The Hall–Kier alpha value is -2.04. The minimum atomic E-state index is -0.724. The first-order valence-corrected chi connectivity index (χ1v) is 6.96. The molecular formula is C15H23N3O2. The molecule has 0 heterocycles. The summed E-state index contributed by atoms with van der Waals surface area (Å²) >= 11 is 0. The quantitative estimate of drug-likeness (QED) is 0.347. The number of unbranched alkanes of at least 4 members (excludes halogenated alkanes) is 1. The number of benzene rings is 1. The van der Waals surface area contributed by atoms with E-state index < -0.39 is 5.92 Å². The van der Waals surface area contributed by atoms with Crippen LogP contribution < -0.4 is 5.73 Å². The van der Waals surface area contributed by atoms with Gasteiger partial charge in [-0.15, -0.1) is 0 Å². The fourth-order valence-corrected chi connectivity index (χ4v) is 2.10. The highest BCUT2D eigenvalue weighted by molar-refractivity contribution is 6.07.